The highest BCUT2D eigenvalue weighted by molar-refractivity contribution is 7.92. The maximum atomic E-state index is 13.2. The number of rotatable bonds is 7. The number of benzene rings is 1. The molecule has 116 valence electrons. The van der Waals surface area contributed by atoms with Crippen molar-refractivity contribution in [2.45, 2.75) is 13.3 Å². The zero-order valence-corrected chi connectivity index (χ0v) is 12.5. The highest BCUT2D eigenvalue weighted by Crippen LogP contribution is 2.17. The number of aliphatic hydroxyl groups is 1. The van der Waals surface area contributed by atoms with Gasteiger partial charge in [0.25, 0.3) is 0 Å². The first-order valence-corrected chi connectivity index (χ1v) is 8.11. The highest BCUT2D eigenvalue weighted by atomic mass is 32.2. The minimum Gasteiger partial charge on any atom is -0.395 e. The van der Waals surface area contributed by atoms with Crippen LogP contribution in [0.4, 0.5) is 10.1 Å². The number of hydrogen-bond acceptors (Lipinski definition) is 4. The lowest BCUT2D eigenvalue weighted by Crippen LogP contribution is -2.20. The van der Waals surface area contributed by atoms with Crippen LogP contribution in [0.25, 0.3) is 0 Å². The van der Waals surface area contributed by atoms with Gasteiger partial charge in [0.2, 0.25) is 10.0 Å². The Morgan fingerprint density at radius 3 is 2.86 bits per heavy atom. The summed E-state index contributed by atoms with van der Waals surface area (Å²) >= 11 is 0. The van der Waals surface area contributed by atoms with E-state index in [1.165, 1.54) is 6.07 Å². The van der Waals surface area contributed by atoms with Crippen LogP contribution < -0.4 is 4.72 Å². The van der Waals surface area contributed by atoms with Crippen LogP contribution >= 0.6 is 0 Å². The molecule has 2 N–H and O–H groups in total. The smallest absolute Gasteiger partial charge is 0.235 e. The van der Waals surface area contributed by atoms with Gasteiger partial charge >= 0.3 is 0 Å². The molecule has 0 radical (unpaired) electrons. The average Bonchev–Trinajstić information content (AvgIpc) is 2.42. The van der Waals surface area contributed by atoms with Crippen molar-refractivity contribution in [2.75, 3.05) is 30.3 Å². The third-order valence-corrected chi connectivity index (χ3v) is 3.64. The van der Waals surface area contributed by atoms with Crippen molar-refractivity contribution in [3.8, 4) is 11.8 Å². The van der Waals surface area contributed by atoms with Crippen LogP contribution in [0.5, 0.6) is 0 Å². The maximum absolute atomic E-state index is 13.2. The monoisotopic (exact) mass is 315 g/mol. The molecular formula is C14H18FNO4S. The molecule has 0 atom stereocenters. The van der Waals surface area contributed by atoms with E-state index in [1.807, 2.05) is 0 Å². The molecule has 0 unspecified atom stereocenters. The van der Waals surface area contributed by atoms with Gasteiger partial charge in [-0.05, 0) is 25.1 Å². The second-order valence-corrected chi connectivity index (χ2v) is 5.93. The van der Waals surface area contributed by atoms with E-state index in [2.05, 4.69) is 16.6 Å². The number of hydrogen-bond donors (Lipinski definition) is 2. The fraction of sp³-hybridized carbons (Fsp3) is 0.429. The van der Waals surface area contributed by atoms with E-state index in [1.54, 1.807) is 6.92 Å². The first-order chi connectivity index (χ1) is 9.98. The summed E-state index contributed by atoms with van der Waals surface area (Å²) < 4.78 is 44.3. The molecule has 5 nitrogen and oxygen atoms in total. The molecule has 1 aromatic rings. The van der Waals surface area contributed by atoms with Crippen molar-refractivity contribution in [1.29, 1.82) is 0 Å². The van der Waals surface area contributed by atoms with Crippen LogP contribution in [-0.2, 0) is 14.8 Å². The Kier molecular flexibility index (Phi) is 7.15. The molecule has 0 aromatic heterocycles. The van der Waals surface area contributed by atoms with E-state index in [0.717, 1.165) is 12.1 Å². The summed E-state index contributed by atoms with van der Waals surface area (Å²) in [6.07, 6.45) is 0.229. The third kappa shape index (κ3) is 6.58. The van der Waals surface area contributed by atoms with Crippen molar-refractivity contribution >= 4 is 15.7 Å². The molecule has 0 aliphatic heterocycles. The van der Waals surface area contributed by atoms with E-state index >= 15 is 0 Å². The van der Waals surface area contributed by atoms with Gasteiger partial charge in [-0.15, -0.1) is 0 Å². The highest BCUT2D eigenvalue weighted by Gasteiger charge is 2.12. The van der Waals surface area contributed by atoms with E-state index in [4.69, 9.17) is 9.84 Å². The Balaban J connectivity index is 2.90. The molecule has 7 heteroatoms. The van der Waals surface area contributed by atoms with Crippen LogP contribution in [0.15, 0.2) is 18.2 Å². The zero-order valence-electron chi connectivity index (χ0n) is 11.7. The number of anilines is 1. The van der Waals surface area contributed by atoms with Crippen LogP contribution in [0.3, 0.4) is 0 Å². The number of sulfonamides is 1. The minimum atomic E-state index is -3.59. The standard InChI is InChI=1S/C14H18FNO4S/c1-2-20-9-10-21(18,19)16-14-7-6-13(15)11-12(14)5-3-4-8-17/h6-7,11,16-17H,2,4,8-10H2,1H3. The summed E-state index contributed by atoms with van der Waals surface area (Å²) in [6.45, 7) is 2.18. The molecule has 0 saturated carbocycles. The van der Waals surface area contributed by atoms with Crippen molar-refractivity contribution in [2.24, 2.45) is 0 Å². The molecule has 0 aliphatic carbocycles. The molecule has 1 rings (SSSR count). The first-order valence-electron chi connectivity index (χ1n) is 6.46. The molecule has 0 saturated heterocycles. The average molecular weight is 315 g/mol. The van der Waals surface area contributed by atoms with Gasteiger partial charge in [-0.1, -0.05) is 11.8 Å². The van der Waals surface area contributed by atoms with Gasteiger partial charge in [-0.2, -0.15) is 0 Å². The van der Waals surface area contributed by atoms with Crippen molar-refractivity contribution in [3.63, 3.8) is 0 Å². The van der Waals surface area contributed by atoms with E-state index < -0.39 is 15.8 Å². The Morgan fingerprint density at radius 1 is 1.43 bits per heavy atom. The van der Waals surface area contributed by atoms with Crippen molar-refractivity contribution in [3.05, 3.63) is 29.6 Å². The molecule has 0 bridgehead atoms. The maximum Gasteiger partial charge on any atom is 0.235 e. The summed E-state index contributed by atoms with van der Waals surface area (Å²) in [7, 11) is -3.59. The summed E-state index contributed by atoms with van der Waals surface area (Å²) in [5, 5.41) is 8.67. The second kappa shape index (κ2) is 8.62. The van der Waals surface area contributed by atoms with Crippen LogP contribution in [0.1, 0.15) is 18.9 Å². The Labute approximate surface area is 124 Å². The number of halogens is 1. The predicted molar refractivity (Wildman–Crippen MR) is 78.9 cm³/mol. The van der Waals surface area contributed by atoms with Gasteiger partial charge in [0.1, 0.15) is 5.82 Å². The minimum absolute atomic E-state index is 0.0819. The fourth-order valence-corrected chi connectivity index (χ4v) is 2.41. The molecule has 21 heavy (non-hydrogen) atoms. The summed E-state index contributed by atoms with van der Waals surface area (Å²) in [6, 6.07) is 3.61. The molecule has 0 aliphatic rings. The SMILES string of the molecule is CCOCCS(=O)(=O)Nc1ccc(F)cc1C#CCCO. The van der Waals surface area contributed by atoms with E-state index in [-0.39, 0.29) is 36.6 Å². The molecule has 1 aromatic carbocycles. The van der Waals surface area contributed by atoms with Gasteiger partial charge in [0, 0.05) is 13.0 Å². The first kappa shape index (κ1) is 17.4. The van der Waals surface area contributed by atoms with Crippen LogP contribution in [0.2, 0.25) is 0 Å². The summed E-state index contributed by atoms with van der Waals surface area (Å²) in [4.78, 5) is 0. The quantitative estimate of drug-likeness (QED) is 0.588. The largest absolute Gasteiger partial charge is 0.395 e. The third-order valence-electron chi connectivity index (χ3n) is 2.41. The lowest BCUT2D eigenvalue weighted by Gasteiger charge is -2.10. The topological polar surface area (TPSA) is 75.6 Å². The predicted octanol–water partition coefficient (Wildman–Crippen LogP) is 1.34. The van der Waals surface area contributed by atoms with Crippen LogP contribution in [-0.4, -0.2) is 39.1 Å². The normalized spacial score (nSPS) is 10.8. The zero-order chi connectivity index (χ0) is 15.7. The van der Waals surface area contributed by atoms with E-state index in [0.29, 0.717) is 6.61 Å². The molecule has 0 spiro atoms. The lowest BCUT2D eigenvalue weighted by molar-refractivity contribution is 0.163. The summed E-state index contributed by atoms with van der Waals surface area (Å²) in [5.74, 6) is 4.56. The van der Waals surface area contributed by atoms with Gasteiger partial charge < -0.3 is 9.84 Å². The Hall–Kier alpha value is -1.62. The van der Waals surface area contributed by atoms with Crippen molar-refractivity contribution in [1.82, 2.24) is 0 Å². The van der Waals surface area contributed by atoms with E-state index in [9.17, 15) is 12.8 Å². The van der Waals surface area contributed by atoms with Gasteiger partial charge in [-0.3, -0.25) is 4.72 Å². The summed E-state index contributed by atoms with van der Waals surface area (Å²) in [5.41, 5.74) is 0.432. The van der Waals surface area contributed by atoms with Gasteiger partial charge in [0.05, 0.1) is 30.2 Å². The molecule has 0 fully saturated rings. The van der Waals surface area contributed by atoms with Crippen LogP contribution in [0, 0.1) is 17.7 Å². The lowest BCUT2D eigenvalue weighted by atomic mass is 10.2. The fourth-order valence-electron chi connectivity index (χ4n) is 1.45. The number of nitrogens with one attached hydrogen (secondary N) is 1. The number of ether oxygens (including phenoxy) is 1. The van der Waals surface area contributed by atoms with Gasteiger partial charge in [0.15, 0.2) is 0 Å². The van der Waals surface area contributed by atoms with Crippen molar-refractivity contribution < 1.29 is 22.7 Å². The van der Waals surface area contributed by atoms with Gasteiger partial charge in [-0.25, -0.2) is 12.8 Å². The Bertz CT molecular complexity index is 620. The molecule has 0 heterocycles. The Morgan fingerprint density at radius 2 is 2.19 bits per heavy atom. The molecule has 0 amide bonds. The molecular weight excluding hydrogens is 297 g/mol. The second-order valence-electron chi connectivity index (χ2n) is 4.08. The number of aliphatic hydroxyl groups excluding tert-OH is 1.